The van der Waals surface area contributed by atoms with Gasteiger partial charge >= 0.3 is 0 Å². The first kappa shape index (κ1) is 12.3. The van der Waals surface area contributed by atoms with E-state index in [0.717, 1.165) is 18.5 Å². The standard InChI is InChI=1S/C13H26N2O/c1-15-7-5-13(6-8-15)14-9-11-3-2-4-12(11)10-16/h11-14,16H,2-10H2,1H3. The molecule has 2 atom stereocenters. The molecule has 3 heteroatoms. The van der Waals surface area contributed by atoms with Crippen LogP contribution in [-0.2, 0) is 0 Å². The van der Waals surface area contributed by atoms with Gasteiger partial charge in [0.05, 0.1) is 0 Å². The SMILES string of the molecule is CN1CCC(NCC2CCCC2CO)CC1. The molecule has 1 saturated heterocycles. The van der Waals surface area contributed by atoms with Crippen LogP contribution >= 0.6 is 0 Å². The Morgan fingerprint density at radius 1 is 1.12 bits per heavy atom. The first-order chi connectivity index (χ1) is 7.79. The molecule has 0 aromatic heterocycles. The molecule has 0 radical (unpaired) electrons. The predicted octanol–water partition coefficient (Wildman–Crippen LogP) is 1.08. The van der Waals surface area contributed by atoms with Gasteiger partial charge < -0.3 is 15.3 Å². The molecule has 1 saturated carbocycles. The molecule has 16 heavy (non-hydrogen) atoms. The Balaban J connectivity index is 1.67. The van der Waals surface area contributed by atoms with Gasteiger partial charge in [0.25, 0.3) is 0 Å². The fourth-order valence-corrected chi connectivity index (χ4v) is 3.15. The summed E-state index contributed by atoms with van der Waals surface area (Å²) in [7, 11) is 2.20. The van der Waals surface area contributed by atoms with E-state index >= 15 is 0 Å². The van der Waals surface area contributed by atoms with Crippen molar-refractivity contribution in [3.05, 3.63) is 0 Å². The first-order valence-corrected chi connectivity index (χ1v) is 6.82. The molecular formula is C13H26N2O. The maximum Gasteiger partial charge on any atom is 0.0462 e. The van der Waals surface area contributed by atoms with Gasteiger partial charge in [0.2, 0.25) is 0 Å². The smallest absolute Gasteiger partial charge is 0.0462 e. The summed E-state index contributed by atoms with van der Waals surface area (Å²) in [5, 5.41) is 13.0. The summed E-state index contributed by atoms with van der Waals surface area (Å²) in [6.07, 6.45) is 6.42. The summed E-state index contributed by atoms with van der Waals surface area (Å²) in [4.78, 5) is 2.41. The molecular weight excluding hydrogens is 200 g/mol. The summed E-state index contributed by atoms with van der Waals surface area (Å²) >= 11 is 0. The highest BCUT2D eigenvalue weighted by atomic mass is 16.3. The Hall–Kier alpha value is -0.120. The number of aliphatic hydroxyl groups excluding tert-OH is 1. The minimum Gasteiger partial charge on any atom is -0.396 e. The van der Waals surface area contributed by atoms with Crippen LogP contribution in [0.4, 0.5) is 0 Å². The molecule has 0 amide bonds. The van der Waals surface area contributed by atoms with Crippen LogP contribution in [0.5, 0.6) is 0 Å². The third-order valence-corrected chi connectivity index (χ3v) is 4.44. The van der Waals surface area contributed by atoms with Gasteiger partial charge in [-0.1, -0.05) is 6.42 Å². The second kappa shape index (κ2) is 5.99. The monoisotopic (exact) mass is 226 g/mol. The Kier molecular flexibility index (Phi) is 4.62. The number of aliphatic hydroxyl groups is 1. The van der Waals surface area contributed by atoms with Gasteiger partial charge in [-0.25, -0.2) is 0 Å². The van der Waals surface area contributed by atoms with Crippen LogP contribution < -0.4 is 5.32 Å². The predicted molar refractivity (Wildman–Crippen MR) is 66.4 cm³/mol. The van der Waals surface area contributed by atoms with E-state index in [1.54, 1.807) is 0 Å². The van der Waals surface area contributed by atoms with E-state index in [0.29, 0.717) is 12.5 Å². The number of nitrogens with zero attached hydrogens (tertiary/aromatic N) is 1. The van der Waals surface area contributed by atoms with Gasteiger partial charge in [-0.05, 0) is 64.2 Å². The van der Waals surface area contributed by atoms with Crippen molar-refractivity contribution >= 4 is 0 Å². The van der Waals surface area contributed by atoms with Crippen LogP contribution in [0.3, 0.4) is 0 Å². The largest absolute Gasteiger partial charge is 0.396 e. The fourth-order valence-electron chi connectivity index (χ4n) is 3.15. The number of hydrogen-bond donors (Lipinski definition) is 2. The van der Waals surface area contributed by atoms with E-state index in [-0.39, 0.29) is 0 Å². The number of nitrogens with one attached hydrogen (secondary N) is 1. The molecule has 94 valence electrons. The van der Waals surface area contributed by atoms with Crippen molar-refractivity contribution in [2.75, 3.05) is 33.3 Å². The average Bonchev–Trinajstić information content (AvgIpc) is 2.76. The van der Waals surface area contributed by atoms with E-state index in [4.69, 9.17) is 0 Å². The molecule has 0 aromatic carbocycles. The van der Waals surface area contributed by atoms with Crippen LogP contribution in [-0.4, -0.2) is 49.3 Å². The van der Waals surface area contributed by atoms with Crippen LogP contribution in [0.2, 0.25) is 0 Å². The minimum atomic E-state index is 0.389. The molecule has 2 unspecified atom stereocenters. The molecule has 0 aromatic rings. The van der Waals surface area contributed by atoms with E-state index in [1.807, 2.05) is 0 Å². The molecule has 2 fully saturated rings. The summed E-state index contributed by atoms with van der Waals surface area (Å²) < 4.78 is 0. The lowest BCUT2D eigenvalue weighted by Gasteiger charge is -2.31. The molecule has 1 heterocycles. The molecule has 3 nitrogen and oxygen atoms in total. The lowest BCUT2D eigenvalue weighted by molar-refractivity contribution is 0.181. The van der Waals surface area contributed by atoms with Gasteiger partial charge in [-0.2, -0.15) is 0 Å². The van der Waals surface area contributed by atoms with Crippen molar-refractivity contribution in [2.24, 2.45) is 11.8 Å². The normalized spacial score (nSPS) is 33.4. The van der Waals surface area contributed by atoms with Gasteiger partial charge in [0.1, 0.15) is 0 Å². The molecule has 1 aliphatic carbocycles. The quantitative estimate of drug-likeness (QED) is 0.753. The summed E-state index contributed by atoms with van der Waals surface area (Å²) in [5.74, 6) is 1.29. The molecule has 2 rings (SSSR count). The Bertz CT molecular complexity index is 202. The number of rotatable bonds is 4. The molecule has 1 aliphatic heterocycles. The maximum absolute atomic E-state index is 9.27. The van der Waals surface area contributed by atoms with E-state index in [2.05, 4.69) is 17.3 Å². The van der Waals surface area contributed by atoms with Crippen molar-refractivity contribution in [3.63, 3.8) is 0 Å². The zero-order valence-electron chi connectivity index (χ0n) is 10.5. The zero-order valence-corrected chi connectivity index (χ0v) is 10.5. The van der Waals surface area contributed by atoms with Gasteiger partial charge in [-0.3, -0.25) is 0 Å². The lowest BCUT2D eigenvalue weighted by Crippen LogP contribution is -2.43. The van der Waals surface area contributed by atoms with Crippen molar-refractivity contribution in [1.29, 1.82) is 0 Å². The highest BCUT2D eigenvalue weighted by molar-refractivity contribution is 4.82. The van der Waals surface area contributed by atoms with Crippen molar-refractivity contribution in [3.8, 4) is 0 Å². The molecule has 0 spiro atoms. The highest BCUT2D eigenvalue weighted by Crippen LogP contribution is 2.30. The van der Waals surface area contributed by atoms with E-state index in [9.17, 15) is 5.11 Å². The molecule has 0 bridgehead atoms. The van der Waals surface area contributed by atoms with Gasteiger partial charge in [0, 0.05) is 12.6 Å². The maximum atomic E-state index is 9.27. The zero-order chi connectivity index (χ0) is 11.4. The second-order valence-electron chi connectivity index (χ2n) is 5.62. The van der Waals surface area contributed by atoms with E-state index < -0.39 is 0 Å². The van der Waals surface area contributed by atoms with Crippen molar-refractivity contribution in [2.45, 2.75) is 38.1 Å². The first-order valence-electron chi connectivity index (χ1n) is 6.82. The van der Waals surface area contributed by atoms with Gasteiger partial charge in [-0.15, -0.1) is 0 Å². The van der Waals surface area contributed by atoms with Crippen molar-refractivity contribution < 1.29 is 5.11 Å². The molecule has 2 aliphatic rings. The fraction of sp³-hybridized carbons (Fsp3) is 1.00. The van der Waals surface area contributed by atoms with Crippen molar-refractivity contribution in [1.82, 2.24) is 10.2 Å². The third kappa shape index (κ3) is 3.19. The summed E-state index contributed by atoms with van der Waals surface area (Å²) in [5.41, 5.74) is 0. The Morgan fingerprint density at radius 2 is 1.81 bits per heavy atom. The Morgan fingerprint density at radius 3 is 2.50 bits per heavy atom. The Labute approximate surface area is 99.2 Å². The molecule has 2 N–H and O–H groups in total. The number of hydrogen-bond acceptors (Lipinski definition) is 3. The van der Waals surface area contributed by atoms with Crippen LogP contribution in [0, 0.1) is 11.8 Å². The topological polar surface area (TPSA) is 35.5 Å². The minimum absolute atomic E-state index is 0.389. The van der Waals surface area contributed by atoms with Crippen LogP contribution in [0.25, 0.3) is 0 Å². The van der Waals surface area contributed by atoms with Crippen LogP contribution in [0.1, 0.15) is 32.1 Å². The summed E-state index contributed by atoms with van der Waals surface area (Å²) in [6, 6.07) is 0.719. The lowest BCUT2D eigenvalue weighted by atomic mass is 9.96. The second-order valence-corrected chi connectivity index (χ2v) is 5.62. The number of likely N-dealkylation sites (tertiary alicyclic amines) is 1. The third-order valence-electron chi connectivity index (χ3n) is 4.44. The highest BCUT2D eigenvalue weighted by Gasteiger charge is 2.27. The van der Waals surface area contributed by atoms with E-state index in [1.165, 1.54) is 45.2 Å². The van der Waals surface area contributed by atoms with Crippen LogP contribution in [0.15, 0.2) is 0 Å². The number of piperidine rings is 1. The summed E-state index contributed by atoms with van der Waals surface area (Å²) in [6.45, 7) is 3.97. The van der Waals surface area contributed by atoms with Gasteiger partial charge in [0.15, 0.2) is 0 Å². The average molecular weight is 226 g/mol.